The van der Waals surface area contributed by atoms with Crippen LogP contribution in [0.5, 0.6) is 0 Å². The molecule has 31 heavy (non-hydrogen) atoms. The molecular weight excluding hydrogens is 388 g/mol. The van der Waals surface area contributed by atoms with Gasteiger partial charge in [-0.3, -0.25) is 19.4 Å². The highest BCUT2D eigenvalue weighted by Crippen LogP contribution is 2.20. The molecule has 0 bridgehead atoms. The van der Waals surface area contributed by atoms with Gasteiger partial charge in [0.15, 0.2) is 0 Å². The van der Waals surface area contributed by atoms with Gasteiger partial charge >= 0.3 is 0 Å². The first-order valence-electron chi connectivity index (χ1n) is 10.7. The number of hydrogen-bond acceptors (Lipinski definition) is 4. The molecule has 3 aromatic carbocycles. The Kier molecular flexibility index (Phi) is 6.60. The van der Waals surface area contributed by atoms with Crippen molar-refractivity contribution in [3.63, 3.8) is 0 Å². The first-order chi connectivity index (χ1) is 15.1. The Labute approximate surface area is 182 Å². The number of fused-ring (bicyclic) bond motifs is 1. The smallest absolute Gasteiger partial charge is 0.238 e. The number of benzene rings is 3. The number of carbonyl (C=O) groups is 2. The van der Waals surface area contributed by atoms with Crippen molar-refractivity contribution in [2.24, 2.45) is 0 Å². The Hall–Kier alpha value is -3.22. The number of piperazine rings is 1. The summed E-state index contributed by atoms with van der Waals surface area (Å²) in [7, 11) is 0. The summed E-state index contributed by atoms with van der Waals surface area (Å²) in [5, 5.41) is 8.25. The molecule has 0 radical (unpaired) electrons. The Balaban J connectivity index is 1.25. The molecule has 2 amide bonds. The molecule has 0 spiro atoms. The van der Waals surface area contributed by atoms with E-state index in [0.717, 1.165) is 38.4 Å². The van der Waals surface area contributed by atoms with Crippen molar-refractivity contribution in [2.75, 3.05) is 43.4 Å². The highest BCUT2D eigenvalue weighted by molar-refractivity contribution is 5.93. The van der Waals surface area contributed by atoms with Gasteiger partial charge in [0, 0.05) is 51.0 Å². The Morgan fingerprint density at radius 3 is 2.10 bits per heavy atom. The van der Waals surface area contributed by atoms with E-state index in [0.29, 0.717) is 12.2 Å². The second-order valence-corrected chi connectivity index (χ2v) is 8.00. The number of carbonyl (C=O) groups excluding carboxylic acids is 2. The Morgan fingerprint density at radius 1 is 0.774 bits per heavy atom. The van der Waals surface area contributed by atoms with E-state index in [1.807, 2.05) is 0 Å². The molecule has 0 aliphatic carbocycles. The summed E-state index contributed by atoms with van der Waals surface area (Å²) in [6, 6.07) is 22.2. The van der Waals surface area contributed by atoms with Gasteiger partial charge in [0.25, 0.3) is 0 Å². The number of nitrogens with one attached hydrogen (secondary N) is 2. The van der Waals surface area contributed by atoms with E-state index in [-0.39, 0.29) is 11.8 Å². The summed E-state index contributed by atoms with van der Waals surface area (Å²) in [6.45, 7) is 6.43. The van der Waals surface area contributed by atoms with E-state index in [4.69, 9.17) is 0 Å². The summed E-state index contributed by atoms with van der Waals surface area (Å²) < 4.78 is 0. The van der Waals surface area contributed by atoms with Gasteiger partial charge in [0.05, 0.1) is 6.54 Å². The predicted molar refractivity (Wildman–Crippen MR) is 125 cm³/mol. The van der Waals surface area contributed by atoms with Crippen molar-refractivity contribution in [2.45, 2.75) is 13.5 Å². The molecule has 1 heterocycles. The fourth-order valence-corrected chi connectivity index (χ4v) is 4.02. The zero-order valence-electron chi connectivity index (χ0n) is 17.8. The fraction of sp³-hybridized carbons (Fsp3) is 0.280. The average Bonchev–Trinajstić information content (AvgIpc) is 2.76. The molecule has 1 saturated heterocycles. The van der Waals surface area contributed by atoms with Gasteiger partial charge in [-0.05, 0) is 40.6 Å². The molecule has 6 nitrogen and oxygen atoms in total. The number of anilines is 2. The average molecular weight is 417 g/mol. The van der Waals surface area contributed by atoms with Crippen LogP contribution in [0, 0.1) is 0 Å². The fourth-order valence-electron chi connectivity index (χ4n) is 4.02. The third-order valence-electron chi connectivity index (χ3n) is 5.60. The van der Waals surface area contributed by atoms with E-state index in [1.54, 1.807) is 24.3 Å². The normalized spacial score (nSPS) is 15.0. The van der Waals surface area contributed by atoms with Crippen LogP contribution in [0.15, 0.2) is 66.7 Å². The Morgan fingerprint density at radius 2 is 1.39 bits per heavy atom. The molecule has 0 unspecified atom stereocenters. The molecule has 1 aliphatic rings. The maximum atomic E-state index is 12.4. The van der Waals surface area contributed by atoms with Crippen molar-refractivity contribution in [1.29, 1.82) is 0 Å². The van der Waals surface area contributed by atoms with E-state index < -0.39 is 0 Å². The summed E-state index contributed by atoms with van der Waals surface area (Å²) in [4.78, 5) is 28.2. The van der Waals surface area contributed by atoms with Crippen LogP contribution in [0.1, 0.15) is 12.5 Å². The highest BCUT2D eigenvalue weighted by Gasteiger charge is 2.19. The summed E-state index contributed by atoms with van der Waals surface area (Å²) in [6.07, 6.45) is 0. The lowest BCUT2D eigenvalue weighted by atomic mass is 10.0. The molecule has 3 aromatic rings. The monoisotopic (exact) mass is 416 g/mol. The van der Waals surface area contributed by atoms with Gasteiger partial charge in [0.1, 0.15) is 0 Å². The summed E-state index contributed by atoms with van der Waals surface area (Å²) in [5.41, 5.74) is 2.80. The lowest BCUT2D eigenvalue weighted by molar-refractivity contribution is -0.117. The number of nitrogens with zero attached hydrogens (tertiary/aromatic N) is 2. The lowest BCUT2D eigenvalue weighted by Gasteiger charge is -2.34. The van der Waals surface area contributed by atoms with Crippen molar-refractivity contribution >= 4 is 34.0 Å². The molecule has 4 rings (SSSR count). The van der Waals surface area contributed by atoms with Crippen molar-refractivity contribution < 1.29 is 9.59 Å². The predicted octanol–water partition coefficient (Wildman–Crippen LogP) is 3.55. The minimum atomic E-state index is -0.114. The highest BCUT2D eigenvalue weighted by atomic mass is 16.2. The molecule has 1 aliphatic heterocycles. The van der Waals surface area contributed by atoms with Gasteiger partial charge in [-0.1, -0.05) is 42.5 Å². The zero-order chi connectivity index (χ0) is 21.6. The van der Waals surface area contributed by atoms with Crippen molar-refractivity contribution in [3.05, 3.63) is 72.3 Å². The van der Waals surface area contributed by atoms with Crippen LogP contribution >= 0.6 is 0 Å². The van der Waals surface area contributed by atoms with Gasteiger partial charge < -0.3 is 10.6 Å². The molecule has 2 N–H and O–H groups in total. The SMILES string of the molecule is CC(=O)Nc1ccc(NC(=O)CN2CCN(Cc3cccc4ccccc34)CC2)cc1. The third kappa shape index (κ3) is 5.69. The Bertz CT molecular complexity index is 1050. The molecule has 6 heteroatoms. The van der Waals surface area contributed by atoms with Crippen molar-refractivity contribution in [3.8, 4) is 0 Å². The quantitative estimate of drug-likeness (QED) is 0.645. The second-order valence-electron chi connectivity index (χ2n) is 8.00. The molecule has 0 saturated carbocycles. The van der Waals surface area contributed by atoms with E-state index >= 15 is 0 Å². The number of rotatable bonds is 6. The topological polar surface area (TPSA) is 64.7 Å². The van der Waals surface area contributed by atoms with Gasteiger partial charge in [-0.25, -0.2) is 0 Å². The molecular formula is C25H28N4O2. The van der Waals surface area contributed by atoms with E-state index in [2.05, 4.69) is 62.9 Å². The maximum Gasteiger partial charge on any atom is 0.238 e. The molecule has 0 aromatic heterocycles. The minimum Gasteiger partial charge on any atom is -0.326 e. The van der Waals surface area contributed by atoms with Crippen LogP contribution < -0.4 is 10.6 Å². The van der Waals surface area contributed by atoms with Crippen LogP contribution in [0.2, 0.25) is 0 Å². The van der Waals surface area contributed by atoms with E-state index in [1.165, 1.54) is 23.3 Å². The molecule has 160 valence electrons. The third-order valence-corrected chi connectivity index (χ3v) is 5.60. The second kappa shape index (κ2) is 9.73. The first-order valence-corrected chi connectivity index (χ1v) is 10.7. The van der Waals surface area contributed by atoms with Crippen LogP contribution in [0.4, 0.5) is 11.4 Å². The van der Waals surface area contributed by atoms with Gasteiger partial charge in [0.2, 0.25) is 11.8 Å². The maximum absolute atomic E-state index is 12.4. The number of hydrogen-bond donors (Lipinski definition) is 2. The van der Waals surface area contributed by atoms with Crippen LogP contribution in [-0.2, 0) is 16.1 Å². The standard InChI is InChI=1S/C25H28N4O2/c1-19(30)26-22-9-11-23(12-10-22)27-25(31)18-29-15-13-28(14-16-29)17-21-7-4-6-20-5-2-3-8-24(20)21/h2-12H,13-18H2,1H3,(H,26,30)(H,27,31). The number of amides is 2. The molecule has 1 fully saturated rings. The summed E-state index contributed by atoms with van der Waals surface area (Å²) in [5.74, 6) is -0.133. The van der Waals surface area contributed by atoms with E-state index in [9.17, 15) is 9.59 Å². The molecule has 0 atom stereocenters. The first kappa shape index (κ1) is 21.0. The zero-order valence-corrected chi connectivity index (χ0v) is 17.8. The van der Waals surface area contributed by atoms with Crippen LogP contribution in [0.3, 0.4) is 0 Å². The lowest BCUT2D eigenvalue weighted by Crippen LogP contribution is -2.48. The van der Waals surface area contributed by atoms with Crippen LogP contribution in [0.25, 0.3) is 10.8 Å². The van der Waals surface area contributed by atoms with Gasteiger partial charge in [-0.2, -0.15) is 0 Å². The van der Waals surface area contributed by atoms with Crippen LogP contribution in [-0.4, -0.2) is 54.3 Å². The van der Waals surface area contributed by atoms with Gasteiger partial charge in [-0.15, -0.1) is 0 Å². The van der Waals surface area contributed by atoms with Crippen molar-refractivity contribution in [1.82, 2.24) is 9.80 Å². The largest absolute Gasteiger partial charge is 0.326 e. The summed E-state index contributed by atoms with van der Waals surface area (Å²) >= 11 is 0. The minimum absolute atomic E-state index is 0.0187.